The Balaban J connectivity index is 2.00. The molecule has 1 saturated carbocycles. The predicted molar refractivity (Wildman–Crippen MR) is 74.7 cm³/mol. The van der Waals surface area contributed by atoms with Gasteiger partial charge in [0.1, 0.15) is 0 Å². The Labute approximate surface area is 113 Å². The molecule has 0 amide bonds. The Hall–Kier alpha value is -0.180. The van der Waals surface area contributed by atoms with Gasteiger partial charge in [-0.1, -0.05) is 37.4 Å². The second-order valence-electron chi connectivity index (χ2n) is 4.92. The van der Waals surface area contributed by atoms with Crippen molar-refractivity contribution in [1.82, 2.24) is 0 Å². The first-order valence-corrected chi connectivity index (χ1v) is 7.50. The van der Waals surface area contributed by atoms with Gasteiger partial charge in [0.15, 0.2) is 0 Å². The average molecular weight is 271 g/mol. The van der Waals surface area contributed by atoms with E-state index in [-0.39, 0.29) is 6.61 Å². The molecule has 2 rings (SSSR count). The highest BCUT2D eigenvalue weighted by atomic mass is 35.5. The van der Waals surface area contributed by atoms with Gasteiger partial charge in [-0.05, 0) is 36.5 Å². The smallest absolute Gasteiger partial charge is 0.0696 e. The van der Waals surface area contributed by atoms with Crippen LogP contribution in [0, 0.1) is 5.92 Å². The van der Waals surface area contributed by atoms with Crippen molar-refractivity contribution >= 4 is 23.4 Å². The largest absolute Gasteiger partial charge is 0.392 e. The third kappa shape index (κ3) is 3.64. The number of hydrogen-bond donors (Lipinski definition) is 1. The summed E-state index contributed by atoms with van der Waals surface area (Å²) in [5.74, 6) is 0.855. The monoisotopic (exact) mass is 270 g/mol. The van der Waals surface area contributed by atoms with E-state index in [1.54, 1.807) is 0 Å². The Morgan fingerprint density at radius 1 is 1.41 bits per heavy atom. The van der Waals surface area contributed by atoms with Crippen LogP contribution in [-0.2, 0) is 6.61 Å². The fourth-order valence-electron chi connectivity index (χ4n) is 2.41. The van der Waals surface area contributed by atoms with Gasteiger partial charge < -0.3 is 5.11 Å². The van der Waals surface area contributed by atoms with Crippen molar-refractivity contribution in [3.63, 3.8) is 0 Å². The maximum atomic E-state index is 9.07. The molecule has 0 saturated heterocycles. The van der Waals surface area contributed by atoms with Gasteiger partial charge in [0.25, 0.3) is 0 Å². The van der Waals surface area contributed by atoms with Crippen molar-refractivity contribution in [3.05, 3.63) is 28.8 Å². The lowest BCUT2D eigenvalue weighted by Gasteiger charge is -2.26. The molecular weight excluding hydrogens is 252 g/mol. The first-order valence-electron chi connectivity index (χ1n) is 6.25. The molecule has 1 aromatic rings. The third-order valence-corrected chi connectivity index (χ3v) is 5.03. The number of hydrogen-bond acceptors (Lipinski definition) is 2. The number of aliphatic hydroxyl groups is 1. The maximum Gasteiger partial charge on any atom is 0.0696 e. The zero-order valence-electron chi connectivity index (χ0n) is 10.2. The fraction of sp³-hybridized carbons (Fsp3) is 0.571. The van der Waals surface area contributed by atoms with Crippen LogP contribution in [-0.4, -0.2) is 10.4 Å². The minimum Gasteiger partial charge on any atom is -0.392 e. The number of benzene rings is 1. The molecule has 1 fully saturated rings. The number of halogens is 1. The lowest BCUT2D eigenvalue weighted by molar-refractivity contribution is 0.282. The van der Waals surface area contributed by atoms with E-state index in [2.05, 4.69) is 13.0 Å². The van der Waals surface area contributed by atoms with E-state index in [0.717, 1.165) is 16.7 Å². The molecule has 94 valence electrons. The van der Waals surface area contributed by atoms with Crippen LogP contribution in [0.15, 0.2) is 23.1 Å². The van der Waals surface area contributed by atoms with E-state index < -0.39 is 0 Å². The predicted octanol–water partition coefficient (Wildman–Crippen LogP) is 4.50. The first kappa shape index (κ1) is 13.3. The van der Waals surface area contributed by atoms with Crippen molar-refractivity contribution in [3.8, 4) is 0 Å². The van der Waals surface area contributed by atoms with Crippen LogP contribution >= 0.6 is 23.4 Å². The summed E-state index contributed by atoms with van der Waals surface area (Å²) < 4.78 is 0. The summed E-state index contributed by atoms with van der Waals surface area (Å²) in [7, 11) is 0. The zero-order chi connectivity index (χ0) is 12.3. The molecule has 1 aromatic carbocycles. The maximum absolute atomic E-state index is 9.07. The molecule has 2 atom stereocenters. The van der Waals surface area contributed by atoms with E-state index in [4.69, 9.17) is 16.7 Å². The van der Waals surface area contributed by atoms with Gasteiger partial charge in [0.2, 0.25) is 0 Å². The molecule has 0 bridgehead atoms. The van der Waals surface area contributed by atoms with E-state index in [1.165, 1.54) is 30.6 Å². The van der Waals surface area contributed by atoms with Crippen molar-refractivity contribution in [2.24, 2.45) is 5.92 Å². The Morgan fingerprint density at radius 2 is 2.24 bits per heavy atom. The topological polar surface area (TPSA) is 20.2 Å². The first-order chi connectivity index (χ1) is 8.19. The van der Waals surface area contributed by atoms with Crippen molar-refractivity contribution in [1.29, 1.82) is 0 Å². The highest BCUT2D eigenvalue weighted by Crippen LogP contribution is 2.37. The van der Waals surface area contributed by atoms with Crippen molar-refractivity contribution in [2.75, 3.05) is 0 Å². The summed E-state index contributed by atoms with van der Waals surface area (Å²) in [6.45, 7) is 2.36. The highest BCUT2D eigenvalue weighted by molar-refractivity contribution is 8.00. The molecular formula is C14H19ClOS. The van der Waals surface area contributed by atoms with Crippen LogP contribution in [0.2, 0.25) is 5.02 Å². The second kappa shape index (κ2) is 6.12. The Bertz CT molecular complexity index is 380. The quantitative estimate of drug-likeness (QED) is 0.872. The molecule has 0 radical (unpaired) electrons. The molecule has 1 N–H and O–H groups in total. The molecule has 1 nitrogen and oxygen atoms in total. The van der Waals surface area contributed by atoms with Crippen LogP contribution in [0.1, 0.15) is 38.2 Å². The minimum absolute atomic E-state index is 0.0181. The van der Waals surface area contributed by atoms with Crippen molar-refractivity contribution in [2.45, 2.75) is 49.4 Å². The summed E-state index contributed by atoms with van der Waals surface area (Å²) in [5.41, 5.74) is 0.813. The van der Waals surface area contributed by atoms with Gasteiger partial charge in [0.05, 0.1) is 6.61 Å². The zero-order valence-corrected chi connectivity index (χ0v) is 11.7. The molecule has 3 heteroatoms. The van der Waals surface area contributed by atoms with E-state index >= 15 is 0 Å². The highest BCUT2D eigenvalue weighted by Gasteiger charge is 2.19. The van der Waals surface area contributed by atoms with Gasteiger partial charge in [-0.2, -0.15) is 0 Å². The summed E-state index contributed by atoms with van der Waals surface area (Å²) in [4.78, 5) is 1.23. The normalized spacial score (nSPS) is 24.9. The van der Waals surface area contributed by atoms with Gasteiger partial charge in [-0.15, -0.1) is 11.8 Å². The van der Waals surface area contributed by atoms with Crippen LogP contribution in [0.25, 0.3) is 0 Å². The molecule has 17 heavy (non-hydrogen) atoms. The summed E-state index contributed by atoms with van der Waals surface area (Å²) in [5, 5.41) is 10.5. The lowest BCUT2D eigenvalue weighted by atomic mass is 9.91. The van der Waals surface area contributed by atoms with Gasteiger partial charge >= 0.3 is 0 Å². The van der Waals surface area contributed by atoms with E-state index in [1.807, 2.05) is 23.9 Å². The molecule has 0 spiro atoms. The lowest BCUT2D eigenvalue weighted by Crippen LogP contribution is -2.14. The minimum atomic E-state index is 0.0181. The molecule has 0 heterocycles. The van der Waals surface area contributed by atoms with Crippen LogP contribution in [0.4, 0.5) is 0 Å². The van der Waals surface area contributed by atoms with Crippen LogP contribution in [0.3, 0.4) is 0 Å². The van der Waals surface area contributed by atoms with E-state index in [9.17, 15) is 0 Å². The second-order valence-corrected chi connectivity index (χ2v) is 6.70. The fourth-order valence-corrected chi connectivity index (χ4v) is 4.14. The Kier molecular flexibility index (Phi) is 4.78. The SMILES string of the molecule is CC1CCCC(Sc2ccc(CO)c(Cl)c2)C1. The molecule has 0 aromatic heterocycles. The van der Waals surface area contributed by atoms with E-state index in [0.29, 0.717) is 5.02 Å². The Morgan fingerprint density at radius 3 is 2.88 bits per heavy atom. The van der Waals surface area contributed by atoms with Crippen molar-refractivity contribution < 1.29 is 5.11 Å². The number of aliphatic hydroxyl groups excluding tert-OH is 1. The average Bonchev–Trinajstić information content (AvgIpc) is 2.29. The molecule has 1 aliphatic carbocycles. The number of rotatable bonds is 3. The standard InChI is InChI=1S/C14H19ClOS/c1-10-3-2-4-12(7-10)17-13-6-5-11(9-16)14(15)8-13/h5-6,8,10,12,16H,2-4,7,9H2,1H3. The summed E-state index contributed by atoms with van der Waals surface area (Å²) in [6.07, 6.45) is 5.35. The molecule has 2 unspecified atom stereocenters. The molecule has 0 aliphatic heterocycles. The summed E-state index contributed by atoms with van der Waals surface area (Å²) in [6, 6.07) is 5.98. The number of thioether (sulfide) groups is 1. The summed E-state index contributed by atoms with van der Waals surface area (Å²) >= 11 is 8.04. The van der Waals surface area contributed by atoms with Gasteiger partial charge in [-0.3, -0.25) is 0 Å². The molecule has 1 aliphatic rings. The van der Waals surface area contributed by atoms with Crippen LogP contribution in [0.5, 0.6) is 0 Å². The van der Waals surface area contributed by atoms with Gasteiger partial charge in [0, 0.05) is 15.2 Å². The van der Waals surface area contributed by atoms with Gasteiger partial charge in [-0.25, -0.2) is 0 Å². The van der Waals surface area contributed by atoms with Crippen LogP contribution < -0.4 is 0 Å². The third-order valence-electron chi connectivity index (χ3n) is 3.39.